The average Bonchev–Trinajstić information content (AvgIpc) is 2.99. The standard InChI is InChI=1S/C16H14N6O4/c1-10-7-14(23)15(16(24)18-11-8-17-20(2)9-11)19-21(10)12-5-3-4-6-13(12)22(25)26/h3-9H,1-2H3,(H,18,24). The number of carbonyl (C=O) groups is 1. The summed E-state index contributed by atoms with van der Waals surface area (Å²) < 4.78 is 2.70. The lowest BCUT2D eigenvalue weighted by Gasteiger charge is -2.11. The Kier molecular flexibility index (Phi) is 4.31. The number of nitrogens with zero attached hydrogens (tertiary/aromatic N) is 5. The summed E-state index contributed by atoms with van der Waals surface area (Å²) in [6.07, 6.45) is 2.99. The first-order valence-corrected chi connectivity index (χ1v) is 7.51. The number of amides is 1. The van der Waals surface area contributed by atoms with E-state index in [9.17, 15) is 19.7 Å². The lowest BCUT2D eigenvalue weighted by atomic mass is 10.2. The van der Waals surface area contributed by atoms with E-state index in [-0.39, 0.29) is 17.1 Å². The lowest BCUT2D eigenvalue weighted by Crippen LogP contribution is -2.27. The molecule has 0 saturated heterocycles. The van der Waals surface area contributed by atoms with Crippen LogP contribution in [0.15, 0.2) is 47.5 Å². The fraction of sp³-hybridized carbons (Fsp3) is 0.125. The van der Waals surface area contributed by atoms with Gasteiger partial charge in [0.05, 0.1) is 16.8 Å². The molecule has 2 aromatic heterocycles. The van der Waals surface area contributed by atoms with Crippen LogP contribution in [0.5, 0.6) is 0 Å². The molecule has 0 aliphatic rings. The van der Waals surface area contributed by atoms with Gasteiger partial charge in [0, 0.05) is 31.1 Å². The van der Waals surface area contributed by atoms with Crippen molar-refractivity contribution < 1.29 is 9.72 Å². The van der Waals surface area contributed by atoms with E-state index >= 15 is 0 Å². The molecule has 0 fully saturated rings. The molecule has 0 radical (unpaired) electrons. The topological polar surface area (TPSA) is 125 Å². The quantitative estimate of drug-likeness (QED) is 0.558. The van der Waals surface area contributed by atoms with Gasteiger partial charge in [0.25, 0.3) is 11.6 Å². The molecular weight excluding hydrogens is 340 g/mol. The van der Waals surface area contributed by atoms with Gasteiger partial charge in [-0.25, -0.2) is 4.68 Å². The normalized spacial score (nSPS) is 10.5. The number of rotatable bonds is 4. The predicted molar refractivity (Wildman–Crippen MR) is 92.4 cm³/mol. The van der Waals surface area contributed by atoms with Gasteiger partial charge in [-0.3, -0.25) is 24.4 Å². The van der Waals surface area contributed by atoms with Crippen LogP contribution in [0.2, 0.25) is 0 Å². The Morgan fingerprint density at radius 1 is 1.31 bits per heavy atom. The third-order valence-electron chi connectivity index (χ3n) is 3.59. The minimum Gasteiger partial charge on any atom is -0.318 e. The fourth-order valence-electron chi connectivity index (χ4n) is 2.42. The minimum absolute atomic E-state index is 0.158. The lowest BCUT2D eigenvalue weighted by molar-refractivity contribution is -0.384. The predicted octanol–water partition coefficient (Wildman–Crippen LogP) is 1.43. The summed E-state index contributed by atoms with van der Waals surface area (Å²) in [5.41, 5.74) is -0.231. The van der Waals surface area contributed by atoms with Gasteiger partial charge in [-0.2, -0.15) is 10.2 Å². The van der Waals surface area contributed by atoms with Crippen LogP contribution in [0.1, 0.15) is 16.2 Å². The van der Waals surface area contributed by atoms with E-state index in [0.29, 0.717) is 11.4 Å². The van der Waals surface area contributed by atoms with Gasteiger partial charge >= 0.3 is 0 Å². The number of anilines is 1. The van der Waals surface area contributed by atoms with Crippen molar-refractivity contribution >= 4 is 17.3 Å². The third-order valence-corrected chi connectivity index (χ3v) is 3.59. The van der Waals surface area contributed by atoms with Crippen LogP contribution in [-0.4, -0.2) is 30.4 Å². The molecule has 0 saturated carbocycles. The Balaban J connectivity index is 2.07. The zero-order valence-electron chi connectivity index (χ0n) is 13.9. The second kappa shape index (κ2) is 6.59. The van der Waals surface area contributed by atoms with Crippen molar-refractivity contribution in [3.63, 3.8) is 0 Å². The van der Waals surface area contributed by atoms with Crippen molar-refractivity contribution in [3.05, 3.63) is 74.5 Å². The molecule has 3 aromatic rings. The van der Waals surface area contributed by atoms with Crippen molar-refractivity contribution in [2.24, 2.45) is 7.05 Å². The number of nitro benzene ring substituents is 1. The maximum Gasteiger partial charge on any atom is 0.294 e. The largest absolute Gasteiger partial charge is 0.318 e. The molecule has 1 aromatic carbocycles. The second-order valence-corrected chi connectivity index (χ2v) is 5.51. The van der Waals surface area contributed by atoms with Gasteiger partial charge < -0.3 is 5.32 Å². The zero-order chi connectivity index (χ0) is 18.8. The summed E-state index contributed by atoms with van der Waals surface area (Å²) in [7, 11) is 1.68. The molecule has 0 bridgehead atoms. The summed E-state index contributed by atoms with van der Waals surface area (Å²) in [5.74, 6) is -0.727. The van der Waals surface area contributed by atoms with Gasteiger partial charge in [0.1, 0.15) is 5.69 Å². The number of benzene rings is 1. The number of carbonyl (C=O) groups excluding carboxylic acids is 1. The van der Waals surface area contributed by atoms with Crippen LogP contribution >= 0.6 is 0 Å². The molecule has 0 spiro atoms. The molecular formula is C16H14N6O4. The average molecular weight is 354 g/mol. The number of aromatic nitrogens is 4. The van der Waals surface area contributed by atoms with E-state index in [0.717, 1.165) is 0 Å². The van der Waals surface area contributed by atoms with Crippen molar-refractivity contribution in [2.75, 3.05) is 5.32 Å². The highest BCUT2D eigenvalue weighted by atomic mass is 16.6. The highest BCUT2D eigenvalue weighted by molar-refractivity contribution is 6.02. The summed E-state index contributed by atoms with van der Waals surface area (Å²) in [4.78, 5) is 35.3. The van der Waals surface area contributed by atoms with E-state index in [2.05, 4.69) is 15.5 Å². The summed E-state index contributed by atoms with van der Waals surface area (Å²) in [6, 6.07) is 7.16. The Morgan fingerprint density at radius 3 is 2.69 bits per heavy atom. The number of hydrogen-bond acceptors (Lipinski definition) is 6. The van der Waals surface area contributed by atoms with Crippen molar-refractivity contribution in [3.8, 4) is 5.69 Å². The van der Waals surface area contributed by atoms with Crippen LogP contribution in [0, 0.1) is 17.0 Å². The Bertz CT molecular complexity index is 1070. The number of para-hydroxylation sites is 2. The number of hydrogen-bond donors (Lipinski definition) is 1. The zero-order valence-corrected chi connectivity index (χ0v) is 13.9. The SMILES string of the molecule is Cc1cc(=O)c(C(=O)Nc2cnn(C)c2)nn1-c1ccccc1[N+](=O)[O-]. The Labute approximate surface area is 146 Å². The van der Waals surface area contributed by atoms with E-state index < -0.39 is 16.3 Å². The molecule has 3 rings (SSSR count). The van der Waals surface area contributed by atoms with Gasteiger partial charge in [-0.15, -0.1) is 0 Å². The highest BCUT2D eigenvalue weighted by Crippen LogP contribution is 2.22. The van der Waals surface area contributed by atoms with Crippen LogP contribution < -0.4 is 10.7 Å². The third kappa shape index (κ3) is 3.20. The molecule has 10 nitrogen and oxygen atoms in total. The smallest absolute Gasteiger partial charge is 0.294 e. The molecule has 0 aliphatic carbocycles. The maximum absolute atomic E-state index is 12.4. The molecule has 10 heteroatoms. The minimum atomic E-state index is -0.727. The summed E-state index contributed by atoms with van der Waals surface area (Å²) in [6.45, 7) is 1.58. The van der Waals surface area contributed by atoms with Crippen LogP contribution in [0.4, 0.5) is 11.4 Å². The van der Waals surface area contributed by atoms with Gasteiger partial charge in [-0.1, -0.05) is 12.1 Å². The Hall–Kier alpha value is -3.82. The van der Waals surface area contributed by atoms with Crippen molar-refractivity contribution in [1.29, 1.82) is 0 Å². The molecule has 132 valence electrons. The number of nitro groups is 1. The van der Waals surface area contributed by atoms with E-state index in [4.69, 9.17) is 0 Å². The molecule has 1 amide bonds. The molecule has 2 heterocycles. The van der Waals surface area contributed by atoms with Crippen LogP contribution in [0.25, 0.3) is 5.69 Å². The van der Waals surface area contributed by atoms with E-state index in [1.54, 1.807) is 26.2 Å². The first-order chi connectivity index (χ1) is 12.4. The molecule has 26 heavy (non-hydrogen) atoms. The monoisotopic (exact) mass is 354 g/mol. The van der Waals surface area contributed by atoms with Crippen LogP contribution in [0.3, 0.4) is 0 Å². The summed E-state index contributed by atoms with van der Waals surface area (Å²) >= 11 is 0. The molecule has 0 atom stereocenters. The first kappa shape index (κ1) is 17.0. The van der Waals surface area contributed by atoms with Gasteiger partial charge in [-0.05, 0) is 13.0 Å². The second-order valence-electron chi connectivity index (χ2n) is 5.51. The number of aryl methyl sites for hydroxylation is 2. The molecule has 0 aliphatic heterocycles. The molecule has 0 unspecified atom stereocenters. The van der Waals surface area contributed by atoms with Gasteiger partial charge in [0.2, 0.25) is 5.43 Å². The van der Waals surface area contributed by atoms with Crippen molar-refractivity contribution in [1.82, 2.24) is 19.6 Å². The first-order valence-electron chi connectivity index (χ1n) is 7.51. The van der Waals surface area contributed by atoms with Crippen LogP contribution in [-0.2, 0) is 7.05 Å². The van der Waals surface area contributed by atoms with E-state index in [1.807, 2.05) is 0 Å². The van der Waals surface area contributed by atoms with Gasteiger partial charge in [0.15, 0.2) is 5.69 Å². The molecule has 1 N–H and O–H groups in total. The van der Waals surface area contributed by atoms with Crippen molar-refractivity contribution in [2.45, 2.75) is 6.92 Å². The maximum atomic E-state index is 12.4. The number of nitrogens with one attached hydrogen (secondary N) is 1. The fourth-order valence-corrected chi connectivity index (χ4v) is 2.42. The Morgan fingerprint density at radius 2 is 2.04 bits per heavy atom. The highest BCUT2D eigenvalue weighted by Gasteiger charge is 2.20. The summed E-state index contributed by atoms with van der Waals surface area (Å²) in [5, 5.41) is 21.7. The van der Waals surface area contributed by atoms with E-state index in [1.165, 1.54) is 39.8 Å².